The monoisotopic (exact) mass is 323 g/mol. The fraction of sp³-hybridized carbons (Fsp3) is 0.158. The van der Waals surface area contributed by atoms with Crippen molar-refractivity contribution < 1.29 is 19.1 Å². The Labute approximate surface area is 140 Å². The zero-order chi connectivity index (χ0) is 16.9. The number of rotatable bonds is 3. The fourth-order valence-electron chi connectivity index (χ4n) is 2.52. The maximum Gasteiger partial charge on any atom is 0.348 e. The summed E-state index contributed by atoms with van der Waals surface area (Å²) >= 11 is 0. The topological polar surface area (TPSA) is 55.8 Å². The molecule has 1 heterocycles. The number of anilines is 1. The molecule has 2 aromatic carbocycles. The summed E-state index contributed by atoms with van der Waals surface area (Å²) in [6.45, 7) is 0.113. The van der Waals surface area contributed by atoms with Crippen LogP contribution in [0.4, 0.5) is 5.69 Å². The van der Waals surface area contributed by atoms with E-state index in [1.807, 2.05) is 36.4 Å². The van der Waals surface area contributed by atoms with Crippen LogP contribution in [-0.2, 0) is 14.3 Å². The van der Waals surface area contributed by atoms with Gasteiger partial charge in [-0.1, -0.05) is 42.5 Å². The Balaban J connectivity index is 1.86. The van der Waals surface area contributed by atoms with Crippen molar-refractivity contribution in [1.29, 1.82) is 0 Å². The van der Waals surface area contributed by atoms with Crippen LogP contribution in [-0.4, -0.2) is 31.6 Å². The number of methoxy groups -OCH3 is 1. The van der Waals surface area contributed by atoms with Crippen LogP contribution in [0.5, 0.6) is 5.75 Å². The van der Waals surface area contributed by atoms with Gasteiger partial charge in [-0.15, -0.1) is 0 Å². The third-order valence-electron chi connectivity index (χ3n) is 3.72. The number of benzene rings is 2. The molecule has 5 nitrogen and oxygen atoms in total. The molecule has 0 fully saturated rings. The largest absolute Gasteiger partial charge is 0.475 e. The van der Waals surface area contributed by atoms with Crippen LogP contribution in [0.3, 0.4) is 0 Å². The Kier molecular flexibility index (Phi) is 4.61. The van der Waals surface area contributed by atoms with Crippen molar-refractivity contribution in [1.82, 2.24) is 0 Å². The van der Waals surface area contributed by atoms with Crippen LogP contribution in [0, 0.1) is 0 Å². The first kappa shape index (κ1) is 15.8. The van der Waals surface area contributed by atoms with E-state index in [1.165, 1.54) is 18.1 Å². The lowest BCUT2D eigenvalue weighted by molar-refractivity contribution is -0.148. The van der Waals surface area contributed by atoms with Gasteiger partial charge in [-0.2, -0.15) is 0 Å². The van der Waals surface area contributed by atoms with E-state index in [0.717, 1.165) is 5.56 Å². The number of hydrogen-bond donors (Lipinski definition) is 0. The van der Waals surface area contributed by atoms with E-state index >= 15 is 0 Å². The Morgan fingerprint density at radius 3 is 2.58 bits per heavy atom. The van der Waals surface area contributed by atoms with E-state index < -0.39 is 12.1 Å². The summed E-state index contributed by atoms with van der Waals surface area (Å²) in [6, 6.07) is 16.7. The summed E-state index contributed by atoms with van der Waals surface area (Å²) in [6.07, 6.45) is 2.40. The molecule has 5 heteroatoms. The smallest absolute Gasteiger partial charge is 0.348 e. The lowest BCUT2D eigenvalue weighted by Gasteiger charge is -2.32. The molecule has 1 aliphatic rings. The second-order valence-corrected chi connectivity index (χ2v) is 5.29. The lowest BCUT2D eigenvalue weighted by Crippen LogP contribution is -2.47. The highest BCUT2D eigenvalue weighted by Gasteiger charge is 2.33. The highest BCUT2D eigenvalue weighted by atomic mass is 16.6. The van der Waals surface area contributed by atoms with Crippen molar-refractivity contribution in [2.24, 2.45) is 0 Å². The highest BCUT2D eigenvalue weighted by Crippen LogP contribution is 2.33. The molecule has 0 aliphatic carbocycles. The van der Waals surface area contributed by atoms with Crippen molar-refractivity contribution in [3.8, 4) is 5.75 Å². The van der Waals surface area contributed by atoms with Gasteiger partial charge < -0.3 is 14.4 Å². The van der Waals surface area contributed by atoms with Crippen LogP contribution >= 0.6 is 0 Å². The van der Waals surface area contributed by atoms with Gasteiger partial charge in [0, 0.05) is 6.08 Å². The average molecular weight is 323 g/mol. The SMILES string of the molecule is COC(=O)[C@@H]1CN(C(=O)/C=C/c2ccccc2)c2ccccc2O1. The quantitative estimate of drug-likeness (QED) is 0.644. The standard InChI is InChI=1S/C19H17NO4/c1-23-19(22)17-13-20(15-9-5-6-10-16(15)24-17)18(21)12-11-14-7-3-2-4-8-14/h2-12,17H,13H2,1H3/b12-11+/t17-/m0/s1. The third-order valence-corrected chi connectivity index (χ3v) is 3.72. The summed E-state index contributed by atoms with van der Waals surface area (Å²) < 4.78 is 10.4. The van der Waals surface area contributed by atoms with Gasteiger partial charge in [0.25, 0.3) is 5.91 Å². The average Bonchev–Trinajstić information content (AvgIpc) is 2.65. The maximum atomic E-state index is 12.6. The van der Waals surface area contributed by atoms with E-state index in [1.54, 1.807) is 24.3 Å². The van der Waals surface area contributed by atoms with E-state index in [2.05, 4.69) is 0 Å². The number of carbonyl (C=O) groups excluding carboxylic acids is 2. The van der Waals surface area contributed by atoms with Gasteiger partial charge in [0.2, 0.25) is 6.10 Å². The molecular weight excluding hydrogens is 306 g/mol. The predicted octanol–water partition coefficient (Wildman–Crippen LogP) is 2.67. The molecular formula is C19H17NO4. The van der Waals surface area contributed by atoms with Crippen molar-refractivity contribution in [2.75, 3.05) is 18.6 Å². The summed E-state index contributed by atoms with van der Waals surface area (Å²) in [5, 5.41) is 0. The van der Waals surface area contributed by atoms with Crippen molar-refractivity contribution in [3.05, 3.63) is 66.2 Å². The first-order valence-electron chi connectivity index (χ1n) is 7.57. The molecule has 0 unspecified atom stereocenters. The number of para-hydroxylation sites is 2. The molecule has 0 bridgehead atoms. The number of hydrogen-bond acceptors (Lipinski definition) is 4. The second-order valence-electron chi connectivity index (χ2n) is 5.29. The zero-order valence-corrected chi connectivity index (χ0v) is 13.2. The molecule has 0 saturated heterocycles. The van der Waals surface area contributed by atoms with Gasteiger partial charge in [-0.3, -0.25) is 4.79 Å². The predicted molar refractivity (Wildman–Crippen MR) is 90.7 cm³/mol. The number of nitrogens with zero attached hydrogens (tertiary/aromatic N) is 1. The molecule has 1 amide bonds. The molecule has 0 spiro atoms. The molecule has 0 N–H and O–H groups in total. The molecule has 1 aliphatic heterocycles. The van der Waals surface area contributed by atoms with Gasteiger partial charge >= 0.3 is 5.97 Å². The van der Waals surface area contributed by atoms with Crippen molar-refractivity contribution in [3.63, 3.8) is 0 Å². The molecule has 0 radical (unpaired) electrons. The van der Waals surface area contributed by atoms with Gasteiger partial charge in [-0.25, -0.2) is 4.79 Å². The first-order valence-corrected chi connectivity index (χ1v) is 7.57. The maximum absolute atomic E-state index is 12.6. The molecule has 0 aromatic heterocycles. The van der Waals surface area contributed by atoms with Crippen molar-refractivity contribution >= 4 is 23.6 Å². The van der Waals surface area contributed by atoms with E-state index in [0.29, 0.717) is 11.4 Å². The van der Waals surface area contributed by atoms with Gasteiger partial charge in [-0.05, 0) is 23.8 Å². The molecule has 3 rings (SSSR count). The van der Waals surface area contributed by atoms with Crippen LogP contribution in [0.2, 0.25) is 0 Å². The lowest BCUT2D eigenvalue weighted by atomic mass is 10.1. The Morgan fingerprint density at radius 2 is 1.83 bits per heavy atom. The van der Waals surface area contributed by atoms with Crippen LogP contribution in [0.25, 0.3) is 6.08 Å². The summed E-state index contributed by atoms with van der Waals surface area (Å²) in [5.41, 5.74) is 1.57. The Morgan fingerprint density at radius 1 is 1.12 bits per heavy atom. The molecule has 24 heavy (non-hydrogen) atoms. The van der Waals surface area contributed by atoms with Crippen molar-refractivity contribution in [2.45, 2.75) is 6.10 Å². The van der Waals surface area contributed by atoms with E-state index in [4.69, 9.17) is 9.47 Å². The normalized spacial score (nSPS) is 16.4. The fourth-order valence-corrected chi connectivity index (χ4v) is 2.52. The highest BCUT2D eigenvalue weighted by molar-refractivity contribution is 6.05. The minimum absolute atomic E-state index is 0.113. The number of ether oxygens (including phenoxy) is 2. The number of esters is 1. The van der Waals surface area contributed by atoms with Gasteiger partial charge in [0.1, 0.15) is 5.75 Å². The zero-order valence-electron chi connectivity index (χ0n) is 13.2. The van der Waals surface area contributed by atoms with E-state index in [-0.39, 0.29) is 12.5 Å². The van der Waals surface area contributed by atoms with Crippen LogP contribution in [0.15, 0.2) is 60.7 Å². The Hall–Kier alpha value is -3.08. The third kappa shape index (κ3) is 3.30. The van der Waals surface area contributed by atoms with Gasteiger partial charge in [0.15, 0.2) is 0 Å². The minimum Gasteiger partial charge on any atom is -0.475 e. The molecule has 122 valence electrons. The molecule has 0 saturated carbocycles. The second kappa shape index (κ2) is 7.00. The van der Waals surface area contributed by atoms with Gasteiger partial charge in [0.05, 0.1) is 19.3 Å². The summed E-state index contributed by atoms with van der Waals surface area (Å²) in [7, 11) is 1.30. The van der Waals surface area contributed by atoms with Crippen LogP contribution in [0.1, 0.15) is 5.56 Å². The Bertz CT molecular complexity index is 770. The number of carbonyl (C=O) groups is 2. The number of amides is 1. The van der Waals surface area contributed by atoms with E-state index in [9.17, 15) is 9.59 Å². The van der Waals surface area contributed by atoms with Crippen LogP contribution < -0.4 is 9.64 Å². The number of fused-ring (bicyclic) bond motifs is 1. The summed E-state index contributed by atoms with van der Waals surface area (Å²) in [4.78, 5) is 26.0. The first-order chi connectivity index (χ1) is 11.7. The molecule has 1 atom stereocenters. The minimum atomic E-state index is -0.834. The molecule has 2 aromatic rings. The summed E-state index contributed by atoms with van der Waals surface area (Å²) in [5.74, 6) is -0.238.